The van der Waals surface area contributed by atoms with E-state index in [0.29, 0.717) is 11.5 Å². The van der Waals surface area contributed by atoms with Gasteiger partial charge in [0.15, 0.2) is 0 Å². The van der Waals surface area contributed by atoms with Gasteiger partial charge in [0.05, 0.1) is 12.7 Å². The van der Waals surface area contributed by atoms with Crippen LogP contribution in [0.25, 0.3) is 0 Å². The monoisotopic (exact) mass is 268 g/mol. The van der Waals surface area contributed by atoms with E-state index in [1.54, 1.807) is 0 Å². The van der Waals surface area contributed by atoms with Crippen molar-refractivity contribution >= 4 is 0 Å². The molecule has 1 unspecified atom stereocenters. The molecule has 0 spiro atoms. The van der Waals surface area contributed by atoms with Crippen LogP contribution in [-0.2, 0) is 4.74 Å². The number of ether oxygens (including phenoxy) is 1. The first kappa shape index (κ1) is 15.3. The minimum Gasteiger partial charge on any atom is -0.376 e. The quantitative estimate of drug-likeness (QED) is 0.829. The molecule has 0 aromatic heterocycles. The molecule has 1 N–H and O–H groups in total. The Morgan fingerprint density at radius 2 is 2.05 bits per heavy atom. The van der Waals surface area contributed by atoms with Gasteiger partial charge in [-0.15, -0.1) is 0 Å². The summed E-state index contributed by atoms with van der Waals surface area (Å²) >= 11 is 0. The number of morpholine rings is 1. The molecule has 1 atom stereocenters. The van der Waals surface area contributed by atoms with Crippen LogP contribution in [0.15, 0.2) is 0 Å². The van der Waals surface area contributed by atoms with Crippen LogP contribution in [0, 0.1) is 11.3 Å². The minimum absolute atomic E-state index is 0.461. The number of hydrogen-bond acceptors (Lipinski definition) is 3. The van der Waals surface area contributed by atoms with E-state index < -0.39 is 0 Å². The second-order valence-corrected chi connectivity index (χ2v) is 6.85. The fraction of sp³-hybridized carbons (Fsp3) is 1.00. The number of rotatable bonds is 5. The summed E-state index contributed by atoms with van der Waals surface area (Å²) < 4.78 is 5.80. The molecule has 112 valence electrons. The van der Waals surface area contributed by atoms with E-state index in [1.165, 1.54) is 38.8 Å². The molecule has 1 saturated carbocycles. The molecule has 0 aromatic rings. The molecule has 3 heteroatoms. The second kappa shape index (κ2) is 7.05. The molecular weight excluding hydrogens is 236 g/mol. The molecule has 2 aliphatic rings. The molecular formula is C16H32N2O. The van der Waals surface area contributed by atoms with Crippen molar-refractivity contribution in [3.05, 3.63) is 0 Å². The Labute approximate surface area is 119 Å². The predicted molar refractivity (Wildman–Crippen MR) is 80.5 cm³/mol. The summed E-state index contributed by atoms with van der Waals surface area (Å²) in [5.41, 5.74) is 0.511. The highest BCUT2D eigenvalue weighted by Gasteiger charge is 2.36. The summed E-state index contributed by atoms with van der Waals surface area (Å²) in [6.45, 7) is 10.3. The zero-order valence-electron chi connectivity index (χ0n) is 13.1. The van der Waals surface area contributed by atoms with Crippen LogP contribution in [0.5, 0.6) is 0 Å². The minimum atomic E-state index is 0.461. The SMILES string of the molecule is CCC1CN(CC2(CNC)CCC(C)CC2)CCO1. The molecule has 2 rings (SSSR count). The van der Waals surface area contributed by atoms with Gasteiger partial charge in [0.1, 0.15) is 0 Å². The molecule has 2 fully saturated rings. The number of nitrogens with one attached hydrogen (secondary N) is 1. The molecule has 1 aliphatic carbocycles. The smallest absolute Gasteiger partial charge is 0.0700 e. The van der Waals surface area contributed by atoms with Gasteiger partial charge >= 0.3 is 0 Å². The van der Waals surface area contributed by atoms with Crippen LogP contribution >= 0.6 is 0 Å². The molecule has 19 heavy (non-hydrogen) atoms. The molecule has 0 aromatic carbocycles. The Morgan fingerprint density at radius 1 is 1.32 bits per heavy atom. The maximum absolute atomic E-state index is 5.80. The van der Waals surface area contributed by atoms with Gasteiger partial charge in [-0.05, 0) is 37.6 Å². The lowest BCUT2D eigenvalue weighted by Crippen LogP contribution is -2.50. The third-order valence-electron chi connectivity index (χ3n) is 5.12. The van der Waals surface area contributed by atoms with Crippen LogP contribution < -0.4 is 5.32 Å². The number of hydrogen-bond donors (Lipinski definition) is 1. The van der Waals surface area contributed by atoms with E-state index in [0.717, 1.165) is 32.0 Å². The lowest BCUT2D eigenvalue weighted by molar-refractivity contribution is -0.0475. The lowest BCUT2D eigenvalue weighted by Gasteiger charge is -2.44. The van der Waals surface area contributed by atoms with Gasteiger partial charge in [0, 0.05) is 26.2 Å². The van der Waals surface area contributed by atoms with Crippen molar-refractivity contribution < 1.29 is 4.74 Å². The predicted octanol–water partition coefficient (Wildman–Crippen LogP) is 2.51. The summed E-state index contributed by atoms with van der Waals surface area (Å²) in [7, 11) is 2.11. The maximum Gasteiger partial charge on any atom is 0.0700 e. The van der Waals surface area contributed by atoms with Crippen LogP contribution in [-0.4, -0.2) is 50.8 Å². The lowest BCUT2D eigenvalue weighted by atomic mass is 9.70. The largest absolute Gasteiger partial charge is 0.376 e. The van der Waals surface area contributed by atoms with Crippen molar-refractivity contribution in [2.45, 2.75) is 52.1 Å². The average Bonchev–Trinajstić information content (AvgIpc) is 2.43. The standard InChI is InChI=1S/C16H32N2O/c1-4-15-11-18(9-10-19-15)13-16(12-17-3)7-5-14(2)6-8-16/h14-15,17H,4-13H2,1-3H3. The third kappa shape index (κ3) is 4.17. The highest BCUT2D eigenvalue weighted by molar-refractivity contribution is 4.90. The van der Waals surface area contributed by atoms with Crippen molar-refractivity contribution in [2.24, 2.45) is 11.3 Å². The zero-order valence-corrected chi connectivity index (χ0v) is 13.1. The molecule has 0 radical (unpaired) electrons. The Bertz CT molecular complexity index is 261. The van der Waals surface area contributed by atoms with Crippen molar-refractivity contribution in [2.75, 3.05) is 39.8 Å². The van der Waals surface area contributed by atoms with Crippen molar-refractivity contribution in [3.63, 3.8) is 0 Å². The summed E-state index contributed by atoms with van der Waals surface area (Å²) in [4.78, 5) is 2.66. The summed E-state index contributed by atoms with van der Waals surface area (Å²) in [5.74, 6) is 0.929. The normalized spacial score (nSPS) is 37.4. The second-order valence-electron chi connectivity index (χ2n) is 6.85. The highest BCUT2D eigenvalue weighted by Crippen LogP contribution is 2.39. The molecule has 3 nitrogen and oxygen atoms in total. The maximum atomic E-state index is 5.80. The van der Waals surface area contributed by atoms with Crippen LogP contribution in [0.4, 0.5) is 0 Å². The molecule has 0 bridgehead atoms. The zero-order chi connectivity index (χ0) is 13.7. The van der Waals surface area contributed by atoms with Crippen LogP contribution in [0.3, 0.4) is 0 Å². The first-order chi connectivity index (χ1) is 9.17. The van der Waals surface area contributed by atoms with E-state index in [4.69, 9.17) is 4.74 Å². The van der Waals surface area contributed by atoms with E-state index in [1.807, 2.05) is 0 Å². The third-order valence-corrected chi connectivity index (χ3v) is 5.12. The van der Waals surface area contributed by atoms with Gasteiger partial charge in [-0.2, -0.15) is 0 Å². The fourth-order valence-corrected chi connectivity index (χ4v) is 3.79. The molecule has 0 amide bonds. The fourth-order valence-electron chi connectivity index (χ4n) is 3.79. The molecule has 1 heterocycles. The summed E-state index contributed by atoms with van der Waals surface area (Å²) in [6, 6.07) is 0. The Balaban J connectivity index is 1.92. The first-order valence-electron chi connectivity index (χ1n) is 8.16. The van der Waals surface area contributed by atoms with E-state index >= 15 is 0 Å². The van der Waals surface area contributed by atoms with Gasteiger partial charge in [-0.25, -0.2) is 0 Å². The van der Waals surface area contributed by atoms with Gasteiger partial charge in [-0.3, -0.25) is 4.90 Å². The Kier molecular flexibility index (Phi) is 5.67. The van der Waals surface area contributed by atoms with E-state index in [9.17, 15) is 0 Å². The topological polar surface area (TPSA) is 24.5 Å². The van der Waals surface area contributed by atoms with Gasteiger partial charge in [-0.1, -0.05) is 26.7 Å². The average molecular weight is 268 g/mol. The summed E-state index contributed by atoms with van der Waals surface area (Å²) in [6.07, 6.45) is 7.20. The number of nitrogens with zero attached hydrogens (tertiary/aromatic N) is 1. The van der Waals surface area contributed by atoms with Crippen molar-refractivity contribution in [1.29, 1.82) is 0 Å². The Morgan fingerprint density at radius 3 is 2.68 bits per heavy atom. The van der Waals surface area contributed by atoms with Crippen LogP contribution in [0.1, 0.15) is 46.0 Å². The van der Waals surface area contributed by atoms with Gasteiger partial charge < -0.3 is 10.1 Å². The van der Waals surface area contributed by atoms with E-state index in [2.05, 4.69) is 31.1 Å². The Hall–Kier alpha value is -0.120. The van der Waals surface area contributed by atoms with Crippen LogP contribution in [0.2, 0.25) is 0 Å². The van der Waals surface area contributed by atoms with Gasteiger partial charge in [0.2, 0.25) is 0 Å². The van der Waals surface area contributed by atoms with E-state index in [-0.39, 0.29) is 0 Å². The van der Waals surface area contributed by atoms with Crippen molar-refractivity contribution in [1.82, 2.24) is 10.2 Å². The van der Waals surface area contributed by atoms with Crippen molar-refractivity contribution in [3.8, 4) is 0 Å². The summed E-state index contributed by atoms with van der Waals surface area (Å²) in [5, 5.41) is 3.45. The van der Waals surface area contributed by atoms with Gasteiger partial charge in [0.25, 0.3) is 0 Å². The molecule has 1 saturated heterocycles. The first-order valence-corrected chi connectivity index (χ1v) is 8.16. The highest BCUT2D eigenvalue weighted by atomic mass is 16.5. The molecule has 1 aliphatic heterocycles.